The molecule has 5 aromatic heterocycles. The predicted molar refractivity (Wildman–Crippen MR) is 227 cm³/mol. The fraction of sp³-hybridized carbons (Fsp3) is 0.523. The van der Waals surface area contributed by atoms with Gasteiger partial charge in [-0.15, -0.1) is 5.10 Å². The van der Waals surface area contributed by atoms with Crippen LogP contribution >= 0.6 is 0 Å². The molecule has 2 unspecified atom stereocenters. The van der Waals surface area contributed by atoms with Gasteiger partial charge in [0.25, 0.3) is 0 Å². The van der Waals surface area contributed by atoms with Gasteiger partial charge in [-0.2, -0.15) is 0 Å². The normalized spacial score (nSPS) is 24.1. The van der Waals surface area contributed by atoms with Gasteiger partial charge in [0, 0.05) is 77.2 Å². The number of nitrogens with zero attached hydrogens (tertiary/aromatic N) is 8. The number of rotatable bonds is 7. The van der Waals surface area contributed by atoms with E-state index in [4.69, 9.17) is 29.5 Å². The van der Waals surface area contributed by atoms with Gasteiger partial charge in [0.1, 0.15) is 39.9 Å². The molecule has 15 heteroatoms. The Morgan fingerprint density at radius 1 is 0.695 bits per heavy atom. The molecule has 310 valence electrons. The van der Waals surface area contributed by atoms with Crippen LogP contribution in [-0.4, -0.2) is 99.2 Å². The van der Waals surface area contributed by atoms with Crippen LogP contribution in [0.1, 0.15) is 98.6 Å². The Kier molecular flexibility index (Phi) is 9.74. The maximum absolute atomic E-state index is 13.1. The van der Waals surface area contributed by atoms with Crippen LogP contribution in [0.3, 0.4) is 0 Å². The molecule has 59 heavy (non-hydrogen) atoms. The number of carbonyl (C=O) groups excluding carboxylic acids is 2. The first-order valence-electron chi connectivity index (χ1n) is 21.0. The number of aromatic nitrogens is 6. The Balaban J connectivity index is 0.921. The van der Waals surface area contributed by atoms with Crippen LogP contribution in [0.25, 0.3) is 27.5 Å². The highest BCUT2D eigenvalue weighted by Gasteiger charge is 2.46. The monoisotopic (exact) mass is 801 g/mol. The van der Waals surface area contributed by atoms with E-state index in [1.54, 1.807) is 12.4 Å². The Morgan fingerprint density at radius 2 is 1.24 bits per heavy atom. The minimum absolute atomic E-state index is 0.128. The van der Waals surface area contributed by atoms with Crippen LogP contribution in [0.15, 0.2) is 55.0 Å². The van der Waals surface area contributed by atoms with Crippen LogP contribution in [0, 0.1) is 6.92 Å². The number of hydrogen-bond donors (Lipinski definition) is 3. The fourth-order valence-electron chi connectivity index (χ4n) is 9.69. The molecule has 15 nitrogen and oxygen atoms in total. The van der Waals surface area contributed by atoms with Gasteiger partial charge in [0.2, 0.25) is 0 Å². The van der Waals surface area contributed by atoms with Gasteiger partial charge in [-0.25, -0.2) is 24.2 Å². The maximum Gasteiger partial charge on any atom is 0.410 e. The zero-order valence-electron chi connectivity index (χ0n) is 35.0. The van der Waals surface area contributed by atoms with E-state index in [-0.39, 0.29) is 48.4 Å². The van der Waals surface area contributed by atoms with Crippen molar-refractivity contribution in [1.82, 2.24) is 39.5 Å². The van der Waals surface area contributed by atoms with Gasteiger partial charge < -0.3 is 35.2 Å². The van der Waals surface area contributed by atoms with E-state index in [1.807, 2.05) is 106 Å². The summed E-state index contributed by atoms with van der Waals surface area (Å²) in [5.41, 5.74) is 2.20. The second-order valence-electron chi connectivity index (χ2n) is 18.7. The number of aryl methyl sites for hydroxylation is 1. The van der Waals surface area contributed by atoms with E-state index >= 15 is 0 Å². The fourth-order valence-corrected chi connectivity index (χ4v) is 9.69. The summed E-state index contributed by atoms with van der Waals surface area (Å²) in [4.78, 5) is 49.6. The smallest absolute Gasteiger partial charge is 0.410 e. The van der Waals surface area contributed by atoms with Crippen molar-refractivity contribution in [2.45, 2.75) is 147 Å². The summed E-state index contributed by atoms with van der Waals surface area (Å²) < 4.78 is 13.4. The molecule has 9 rings (SSSR count). The Labute approximate surface area is 344 Å². The molecule has 4 saturated heterocycles. The number of pyridine rings is 4. The molecule has 0 aliphatic carbocycles. The average molecular weight is 802 g/mol. The Morgan fingerprint density at radius 3 is 1.81 bits per heavy atom. The summed E-state index contributed by atoms with van der Waals surface area (Å²) >= 11 is 0. The SMILES string of the molecule is Cc1cc(Nc2cc3ncccc3c(NC3C[C@H]4CC[C@@H](C3)N4C(=O)OC(C)(C)C)n2)nn1-c1cnc(NC2C[C@H]3CC[C@@H](C2)N3C(=O)OC(C)(C)C)c2cccnc12. The number of fused-ring (bicyclic) bond motifs is 6. The summed E-state index contributed by atoms with van der Waals surface area (Å²) in [5.74, 6) is 2.75. The van der Waals surface area contributed by atoms with E-state index in [0.29, 0.717) is 11.6 Å². The van der Waals surface area contributed by atoms with Crippen molar-refractivity contribution in [1.29, 1.82) is 0 Å². The highest BCUT2D eigenvalue weighted by molar-refractivity contribution is 5.94. The third-order valence-corrected chi connectivity index (χ3v) is 11.9. The van der Waals surface area contributed by atoms with E-state index in [9.17, 15) is 9.59 Å². The molecule has 6 atom stereocenters. The first-order valence-corrected chi connectivity index (χ1v) is 21.0. The molecule has 2 amide bonds. The summed E-state index contributed by atoms with van der Waals surface area (Å²) in [5, 5.41) is 17.7. The maximum atomic E-state index is 13.1. The van der Waals surface area contributed by atoms with E-state index in [0.717, 1.165) is 96.2 Å². The van der Waals surface area contributed by atoms with Crippen molar-refractivity contribution >= 4 is 57.3 Å². The van der Waals surface area contributed by atoms with Gasteiger partial charge in [0.05, 0.1) is 11.7 Å². The van der Waals surface area contributed by atoms with Crippen molar-refractivity contribution in [2.24, 2.45) is 0 Å². The largest absolute Gasteiger partial charge is 0.444 e. The quantitative estimate of drug-likeness (QED) is 0.144. The van der Waals surface area contributed by atoms with Crippen molar-refractivity contribution in [3.05, 3.63) is 60.7 Å². The first kappa shape index (κ1) is 38.8. The van der Waals surface area contributed by atoms with E-state index < -0.39 is 11.2 Å². The second-order valence-corrected chi connectivity index (χ2v) is 18.7. The van der Waals surface area contributed by atoms with Crippen molar-refractivity contribution in [3.63, 3.8) is 0 Å². The molecule has 4 aliphatic rings. The molecular formula is C44H55N11O4. The van der Waals surface area contributed by atoms with Gasteiger partial charge in [-0.3, -0.25) is 9.97 Å². The standard InChI is InChI=1S/C44H55N11O4/c1-25-18-37(50-36-23-34-32(10-8-16-45-34)40(51-36)49-27-21-30-14-15-31(22-27)54(30)42(57)59-44(5,6)7)52-55(25)35-24-47-39(33-11-9-17-46-38(33)35)48-26-19-28-12-13-29(20-26)53(28)41(56)58-43(2,3)4/h8-11,16-18,23-24,26-31H,12-15,19-22H2,1-7H3,(H,47,48)(H2,49,50,51,52)/t26?,27?,28-,29+,30-,31+. The van der Waals surface area contributed by atoms with Gasteiger partial charge in [-0.1, -0.05) is 0 Å². The lowest BCUT2D eigenvalue weighted by atomic mass is 9.97. The molecule has 4 fully saturated rings. The number of piperidine rings is 2. The third kappa shape index (κ3) is 7.90. The molecule has 0 saturated carbocycles. The number of nitrogens with one attached hydrogen (secondary N) is 3. The molecule has 9 heterocycles. The van der Waals surface area contributed by atoms with Crippen molar-refractivity contribution in [2.75, 3.05) is 16.0 Å². The first-order chi connectivity index (χ1) is 28.2. The van der Waals surface area contributed by atoms with Gasteiger partial charge >= 0.3 is 12.2 Å². The summed E-state index contributed by atoms with van der Waals surface area (Å²) in [7, 11) is 0. The van der Waals surface area contributed by atoms with Gasteiger partial charge in [-0.05, 0) is 124 Å². The molecule has 0 radical (unpaired) electrons. The second kappa shape index (κ2) is 14.8. The number of ether oxygens (including phenoxy) is 2. The highest BCUT2D eigenvalue weighted by atomic mass is 16.6. The average Bonchev–Trinajstić information content (AvgIpc) is 3.77. The summed E-state index contributed by atoms with van der Waals surface area (Å²) in [6, 6.07) is 12.7. The molecule has 5 aromatic rings. The highest BCUT2D eigenvalue weighted by Crippen LogP contribution is 2.40. The lowest BCUT2D eigenvalue weighted by Gasteiger charge is -2.39. The van der Waals surface area contributed by atoms with Crippen molar-refractivity contribution < 1.29 is 19.1 Å². The molecular weight excluding hydrogens is 747 g/mol. The third-order valence-electron chi connectivity index (χ3n) is 11.9. The van der Waals surface area contributed by atoms with E-state index in [1.165, 1.54) is 0 Å². The number of hydrogen-bond acceptors (Lipinski definition) is 12. The number of amides is 2. The molecule has 4 bridgehead atoms. The molecule has 4 aliphatic heterocycles. The lowest BCUT2D eigenvalue weighted by Crippen LogP contribution is -2.51. The molecule has 0 spiro atoms. The zero-order chi connectivity index (χ0) is 41.2. The number of anilines is 4. The van der Waals surface area contributed by atoms with Gasteiger partial charge in [0.15, 0.2) is 5.82 Å². The lowest BCUT2D eigenvalue weighted by molar-refractivity contribution is 0.00568. The number of carbonyl (C=O) groups is 2. The van der Waals surface area contributed by atoms with Crippen LogP contribution < -0.4 is 16.0 Å². The molecule has 3 N–H and O–H groups in total. The van der Waals surface area contributed by atoms with Crippen LogP contribution in [-0.2, 0) is 9.47 Å². The summed E-state index contributed by atoms with van der Waals surface area (Å²) in [6.07, 6.45) is 12.2. The minimum atomic E-state index is -0.529. The topological polar surface area (TPSA) is 165 Å². The minimum Gasteiger partial charge on any atom is -0.444 e. The van der Waals surface area contributed by atoms with Crippen molar-refractivity contribution in [3.8, 4) is 5.69 Å². The Bertz CT molecular complexity index is 2380. The zero-order valence-corrected chi connectivity index (χ0v) is 35.0. The Hall–Kier alpha value is -5.73. The predicted octanol–water partition coefficient (Wildman–Crippen LogP) is 8.50. The summed E-state index contributed by atoms with van der Waals surface area (Å²) in [6.45, 7) is 13.5. The van der Waals surface area contributed by atoms with Crippen LogP contribution in [0.5, 0.6) is 0 Å². The van der Waals surface area contributed by atoms with Crippen LogP contribution in [0.4, 0.5) is 32.9 Å². The van der Waals surface area contributed by atoms with Crippen LogP contribution in [0.2, 0.25) is 0 Å². The molecule has 0 aromatic carbocycles. The van der Waals surface area contributed by atoms with E-state index in [2.05, 4.69) is 20.9 Å².